The Bertz CT molecular complexity index is 333. The first kappa shape index (κ1) is 11.9. The first-order valence-electron chi connectivity index (χ1n) is 5.00. The van der Waals surface area contributed by atoms with Crippen LogP contribution >= 0.6 is 0 Å². The maximum atomic E-state index is 6.21. The van der Waals surface area contributed by atoms with Crippen LogP contribution in [-0.4, -0.2) is 29.5 Å². The summed E-state index contributed by atoms with van der Waals surface area (Å²) in [6, 6.07) is 3.64. The Kier molecular flexibility index (Phi) is 3.31. The van der Waals surface area contributed by atoms with Crippen molar-refractivity contribution in [1.29, 1.82) is 0 Å². The van der Waals surface area contributed by atoms with Crippen molar-refractivity contribution in [2.75, 3.05) is 19.8 Å². The standard InChI is InChI=1S/C11H20N4/c1-11(2,15(3)4)9(12)8-6-5-7-14-10(8)13/h5-7,9H,12H2,1-4H3,(H2,13,14). The van der Waals surface area contributed by atoms with E-state index in [1.165, 1.54) is 0 Å². The third kappa shape index (κ3) is 2.27. The molecule has 1 rings (SSSR count). The summed E-state index contributed by atoms with van der Waals surface area (Å²) in [6.45, 7) is 4.17. The van der Waals surface area contributed by atoms with E-state index in [-0.39, 0.29) is 11.6 Å². The van der Waals surface area contributed by atoms with Gasteiger partial charge in [0.2, 0.25) is 0 Å². The Balaban J connectivity index is 3.04. The van der Waals surface area contributed by atoms with E-state index < -0.39 is 0 Å². The van der Waals surface area contributed by atoms with Crippen LogP contribution in [0.1, 0.15) is 25.5 Å². The molecular weight excluding hydrogens is 188 g/mol. The summed E-state index contributed by atoms with van der Waals surface area (Å²) >= 11 is 0. The molecule has 0 radical (unpaired) electrons. The lowest BCUT2D eigenvalue weighted by Gasteiger charge is -2.38. The largest absolute Gasteiger partial charge is 0.383 e. The molecule has 0 aromatic carbocycles. The molecular formula is C11H20N4. The molecule has 1 aromatic heterocycles. The summed E-state index contributed by atoms with van der Waals surface area (Å²) in [7, 11) is 4.01. The van der Waals surface area contributed by atoms with Gasteiger partial charge in [-0.05, 0) is 34.0 Å². The number of hydrogen-bond donors (Lipinski definition) is 2. The van der Waals surface area contributed by atoms with E-state index in [1.807, 2.05) is 26.2 Å². The first-order valence-corrected chi connectivity index (χ1v) is 5.00. The van der Waals surface area contributed by atoms with Gasteiger partial charge in [0.25, 0.3) is 0 Å². The SMILES string of the molecule is CN(C)C(C)(C)C(N)c1cccnc1N. The van der Waals surface area contributed by atoms with Gasteiger partial charge in [-0.1, -0.05) is 6.07 Å². The van der Waals surface area contributed by atoms with Crippen molar-refractivity contribution >= 4 is 5.82 Å². The van der Waals surface area contributed by atoms with Gasteiger partial charge in [-0.3, -0.25) is 0 Å². The molecule has 0 aliphatic carbocycles. The maximum absolute atomic E-state index is 6.21. The third-order valence-corrected chi connectivity index (χ3v) is 3.12. The van der Waals surface area contributed by atoms with Gasteiger partial charge < -0.3 is 16.4 Å². The van der Waals surface area contributed by atoms with E-state index in [0.29, 0.717) is 5.82 Å². The number of pyridine rings is 1. The normalized spacial score (nSPS) is 14.3. The van der Waals surface area contributed by atoms with Crippen LogP contribution in [0.25, 0.3) is 0 Å². The zero-order valence-corrected chi connectivity index (χ0v) is 9.86. The van der Waals surface area contributed by atoms with E-state index in [4.69, 9.17) is 11.5 Å². The van der Waals surface area contributed by atoms with Crippen LogP contribution in [0.5, 0.6) is 0 Å². The average Bonchev–Trinajstić information content (AvgIpc) is 2.17. The van der Waals surface area contributed by atoms with Crippen molar-refractivity contribution in [1.82, 2.24) is 9.88 Å². The fourth-order valence-corrected chi connectivity index (χ4v) is 1.35. The van der Waals surface area contributed by atoms with Crippen LogP contribution < -0.4 is 11.5 Å². The molecule has 1 atom stereocenters. The molecule has 1 heterocycles. The van der Waals surface area contributed by atoms with Crippen LogP contribution in [-0.2, 0) is 0 Å². The number of nitrogens with two attached hydrogens (primary N) is 2. The molecule has 0 aliphatic heterocycles. The lowest BCUT2D eigenvalue weighted by atomic mass is 9.88. The number of aromatic nitrogens is 1. The van der Waals surface area contributed by atoms with Gasteiger partial charge in [-0.15, -0.1) is 0 Å². The highest BCUT2D eigenvalue weighted by molar-refractivity contribution is 5.42. The van der Waals surface area contributed by atoms with E-state index in [2.05, 4.69) is 23.7 Å². The summed E-state index contributed by atoms with van der Waals surface area (Å²) in [4.78, 5) is 6.14. The Morgan fingerprint density at radius 2 is 2.00 bits per heavy atom. The number of nitrogen functional groups attached to an aromatic ring is 1. The number of hydrogen-bond acceptors (Lipinski definition) is 4. The second-order valence-electron chi connectivity index (χ2n) is 4.50. The Morgan fingerprint density at radius 3 is 2.47 bits per heavy atom. The number of nitrogens with zero attached hydrogens (tertiary/aromatic N) is 2. The summed E-state index contributed by atoms with van der Waals surface area (Å²) in [6.07, 6.45) is 1.67. The van der Waals surface area contributed by atoms with Crippen molar-refractivity contribution in [3.05, 3.63) is 23.9 Å². The summed E-state index contributed by atoms with van der Waals surface area (Å²) < 4.78 is 0. The zero-order chi connectivity index (χ0) is 11.6. The Labute approximate surface area is 91.3 Å². The van der Waals surface area contributed by atoms with Gasteiger partial charge in [0.15, 0.2) is 0 Å². The maximum Gasteiger partial charge on any atom is 0.128 e. The van der Waals surface area contributed by atoms with Gasteiger partial charge in [-0.2, -0.15) is 0 Å². The lowest BCUT2D eigenvalue weighted by molar-refractivity contribution is 0.159. The molecule has 84 valence electrons. The molecule has 4 heteroatoms. The third-order valence-electron chi connectivity index (χ3n) is 3.12. The fourth-order valence-electron chi connectivity index (χ4n) is 1.35. The van der Waals surface area contributed by atoms with Crippen LogP contribution in [0.15, 0.2) is 18.3 Å². The minimum Gasteiger partial charge on any atom is -0.383 e. The minimum absolute atomic E-state index is 0.152. The van der Waals surface area contributed by atoms with Gasteiger partial charge in [0.1, 0.15) is 5.82 Å². The first-order chi connectivity index (χ1) is 6.87. The molecule has 0 spiro atoms. The Hall–Kier alpha value is -1.13. The zero-order valence-electron chi connectivity index (χ0n) is 9.86. The van der Waals surface area contributed by atoms with Crippen molar-refractivity contribution in [2.45, 2.75) is 25.4 Å². The molecule has 0 saturated carbocycles. The van der Waals surface area contributed by atoms with Crippen LogP contribution in [0.2, 0.25) is 0 Å². The molecule has 1 unspecified atom stereocenters. The van der Waals surface area contributed by atoms with Crippen molar-refractivity contribution < 1.29 is 0 Å². The molecule has 0 amide bonds. The van der Waals surface area contributed by atoms with E-state index in [1.54, 1.807) is 6.20 Å². The fraction of sp³-hybridized carbons (Fsp3) is 0.545. The molecule has 0 bridgehead atoms. The second-order valence-corrected chi connectivity index (χ2v) is 4.50. The second kappa shape index (κ2) is 4.16. The van der Waals surface area contributed by atoms with E-state index in [9.17, 15) is 0 Å². The number of anilines is 1. The smallest absolute Gasteiger partial charge is 0.128 e. The number of likely N-dealkylation sites (N-methyl/N-ethyl adjacent to an activating group) is 1. The van der Waals surface area contributed by atoms with Crippen LogP contribution in [0.3, 0.4) is 0 Å². The number of rotatable bonds is 3. The molecule has 15 heavy (non-hydrogen) atoms. The summed E-state index contributed by atoms with van der Waals surface area (Å²) in [5.74, 6) is 0.514. The highest BCUT2D eigenvalue weighted by Crippen LogP contribution is 2.29. The lowest BCUT2D eigenvalue weighted by Crippen LogP contribution is -2.47. The summed E-state index contributed by atoms with van der Waals surface area (Å²) in [5, 5.41) is 0. The molecule has 0 saturated heterocycles. The van der Waals surface area contributed by atoms with Gasteiger partial charge >= 0.3 is 0 Å². The topological polar surface area (TPSA) is 68.2 Å². The molecule has 0 fully saturated rings. The van der Waals surface area contributed by atoms with Crippen molar-refractivity contribution in [3.63, 3.8) is 0 Å². The highest BCUT2D eigenvalue weighted by atomic mass is 15.2. The van der Waals surface area contributed by atoms with E-state index in [0.717, 1.165) is 5.56 Å². The molecule has 4 nitrogen and oxygen atoms in total. The van der Waals surface area contributed by atoms with Crippen LogP contribution in [0, 0.1) is 0 Å². The van der Waals surface area contributed by atoms with Crippen molar-refractivity contribution in [3.8, 4) is 0 Å². The average molecular weight is 208 g/mol. The van der Waals surface area contributed by atoms with Gasteiger partial charge in [0.05, 0.1) is 6.04 Å². The molecule has 1 aromatic rings. The monoisotopic (exact) mass is 208 g/mol. The van der Waals surface area contributed by atoms with Gasteiger partial charge in [-0.25, -0.2) is 4.98 Å². The quantitative estimate of drug-likeness (QED) is 0.777. The predicted octanol–water partition coefficient (Wildman–Crippen LogP) is 1.00. The van der Waals surface area contributed by atoms with Crippen molar-refractivity contribution in [2.24, 2.45) is 5.73 Å². The summed E-state index contributed by atoms with van der Waals surface area (Å²) in [5.41, 5.74) is 12.8. The van der Waals surface area contributed by atoms with Crippen LogP contribution in [0.4, 0.5) is 5.82 Å². The minimum atomic E-state index is -0.156. The predicted molar refractivity (Wildman–Crippen MR) is 63.3 cm³/mol. The highest BCUT2D eigenvalue weighted by Gasteiger charge is 2.31. The Morgan fingerprint density at radius 1 is 1.40 bits per heavy atom. The molecule has 0 aliphatic rings. The van der Waals surface area contributed by atoms with E-state index >= 15 is 0 Å². The van der Waals surface area contributed by atoms with Gasteiger partial charge in [0, 0.05) is 17.3 Å². The molecule has 4 N–H and O–H groups in total.